The van der Waals surface area contributed by atoms with Gasteiger partial charge in [-0.3, -0.25) is 0 Å². The zero-order chi connectivity index (χ0) is 21.4. The van der Waals surface area contributed by atoms with Gasteiger partial charge in [0.25, 0.3) is 0 Å². The minimum atomic E-state index is -0.847. The maximum Gasteiger partial charge on any atom is 0.407 e. The van der Waals surface area contributed by atoms with E-state index >= 15 is 0 Å². The van der Waals surface area contributed by atoms with Crippen LogP contribution >= 0.6 is 0 Å². The molecule has 0 aliphatic rings. The lowest BCUT2D eigenvalue weighted by molar-refractivity contribution is -0.00364. The molecule has 0 aliphatic heterocycles. The van der Waals surface area contributed by atoms with E-state index in [1.54, 1.807) is 12.3 Å². The number of hydrogen-bond donors (Lipinski definition) is 3. The Morgan fingerprint density at radius 3 is 2.46 bits per heavy atom. The Morgan fingerprint density at radius 2 is 1.93 bits per heavy atom. The highest BCUT2D eigenvalue weighted by Crippen LogP contribution is 2.17. The molecule has 0 spiro atoms. The molecule has 0 aliphatic carbocycles. The SMILES string of the molecule is CC(C)CCCC(C)(C)NC[C@@H](O)[C@H](Cc1ccco1)OC(=O)NC(C)(C)C. The highest BCUT2D eigenvalue weighted by molar-refractivity contribution is 5.68. The summed E-state index contributed by atoms with van der Waals surface area (Å²) in [6.07, 6.45) is 3.14. The molecule has 28 heavy (non-hydrogen) atoms. The second-order valence-electron chi connectivity index (χ2n) is 9.72. The van der Waals surface area contributed by atoms with E-state index in [1.165, 1.54) is 6.42 Å². The first-order valence-electron chi connectivity index (χ1n) is 10.3. The molecule has 3 N–H and O–H groups in total. The van der Waals surface area contributed by atoms with Gasteiger partial charge in [-0.05, 0) is 59.1 Å². The van der Waals surface area contributed by atoms with Gasteiger partial charge in [-0.15, -0.1) is 0 Å². The van der Waals surface area contributed by atoms with Gasteiger partial charge in [0.1, 0.15) is 18.0 Å². The van der Waals surface area contributed by atoms with Crippen LogP contribution in [-0.4, -0.2) is 41.0 Å². The number of carbonyl (C=O) groups excluding carboxylic acids is 1. The predicted octanol–water partition coefficient (Wildman–Crippen LogP) is 4.27. The van der Waals surface area contributed by atoms with Gasteiger partial charge < -0.3 is 24.9 Å². The zero-order valence-corrected chi connectivity index (χ0v) is 18.7. The Bertz CT molecular complexity index is 562. The van der Waals surface area contributed by atoms with Crippen LogP contribution < -0.4 is 10.6 Å². The third-order valence-electron chi connectivity index (χ3n) is 4.52. The molecule has 1 heterocycles. The van der Waals surface area contributed by atoms with E-state index < -0.39 is 23.8 Å². The molecule has 6 nitrogen and oxygen atoms in total. The largest absolute Gasteiger partial charge is 0.469 e. The Balaban J connectivity index is 2.65. The van der Waals surface area contributed by atoms with Gasteiger partial charge in [0.15, 0.2) is 0 Å². The van der Waals surface area contributed by atoms with E-state index in [0.29, 0.717) is 24.6 Å². The maximum atomic E-state index is 12.2. The second-order valence-corrected chi connectivity index (χ2v) is 9.72. The molecule has 0 radical (unpaired) electrons. The van der Waals surface area contributed by atoms with Crippen LogP contribution in [0.2, 0.25) is 0 Å². The Hall–Kier alpha value is -1.53. The van der Waals surface area contributed by atoms with Crippen molar-refractivity contribution >= 4 is 6.09 Å². The van der Waals surface area contributed by atoms with Gasteiger partial charge in [0.05, 0.1) is 6.26 Å². The number of aliphatic hydroxyl groups excluding tert-OH is 1. The predicted molar refractivity (Wildman–Crippen MR) is 112 cm³/mol. The molecule has 6 heteroatoms. The number of carbonyl (C=O) groups is 1. The normalized spacial score (nSPS) is 14.8. The zero-order valence-electron chi connectivity index (χ0n) is 18.7. The molecule has 0 unspecified atom stereocenters. The van der Waals surface area contributed by atoms with Gasteiger partial charge in [0.2, 0.25) is 0 Å². The third-order valence-corrected chi connectivity index (χ3v) is 4.52. The highest BCUT2D eigenvalue weighted by atomic mass is 16.6. The van der Waals surface area contributed by atoms with Crippen molar-refractivity contribution in [1.82, 2.24) is 10.6 Å². The van der Waals surface area contributed by atoms with Crippen LogP contribution in [0, 0.1) is 5.92 Å². The highest BCUT2D eigenvalue weighted by Gasteiger charge is 2.28. The molecule has 1 aromatic heterocycles. The minimum Gasteiger partial charge on any atom is -0.469 e. The molecule has 0 bridgehead atoms. The fourth-order valence-electron chi connectivity index (χ4n) is 2.91. The van der Waals surface area contributed by atoms with Crippen LogP contribution in [-0.2, 0) is 11.2 Å². The van der Waals surface area contributed by atoms with Crippen LogP contribution in [0.15, 0.2) is 22.8 Å². The summed E-state index contributed by atoms with van der Waals surface area (Å²) in [5, 5.41) is 16.9. The quantitative estimate of drug-likeness (QED) is 0.520. The molecule has 0 saturated carbocycles. The summed E-state index contributed by atoms with van der Waals surface area (Å²) >= 11 is 0. The van der Waals surface area contributed by atoms with E-state index in [-0.39, 0.29) is 5.54 Å². The summed E-state index contributed by atoms with van der Waals surface area (Å²) in [5.74, 6) is 1.36. The lowest BCUT2D eigenvalue weighted by atomic mass is 9.94. The summed E-state index contributed by atoms with van der Waals surface area (Å²) in [6.45, 7) is 14.7. The molecular formula is C22H40N2O4. The molecule has 1 aromatic rings. The number of β-amino-alcohol motifs (C(OH)–C–C–N with tert-alkyl or cyclic N) is 1. The van der Waals surface area contributed by atoms with Crippen molar-refractivity contribution in [3.8, 4) is 0 Å². The second kappa shape index (κ2) is 10.9. The van der Waals surface area contributed by atoms with Crippen LogP contribution in [0.3, 0.4) is 0 Å². The van der Waals surface area contributed by atoms with Gasteiger partial charge in [-0.2, -0.15) is 0 Å². The summed E-state index contributed by atoms with van der Waals surface area (Å²) in [6, 6.07) is 3.60. The van der Waals surface area contributed by atoms with Crippen molar-refractivity contribution in [3.63, 3.8) is 0 Å². The first-order valence-corrected chi connectivity index (χ1v) is 10.3. The number of ether oxygens (including phenoxy) is 1. The van der Waals surface area contributed by atoms with Crippen molar-refractivity contribution in [1.29, 1.82) is 0 Å². The topological polar surface area (TPSA) is 83.7 Å². The van der Waals surface area contributed by atoms with E-state index in [9.17, 15) is 9.90 Å². The van der Waals surface area contributed by atoms with Gasteiger partial charge in [-0.25, -0.2) is 4.79 Å². The standard InChI is InChI=1S/C22H40N2O4/c1-16(2)10-8-12-22(6,7)23-15-18(25)19(14-17-11-9-13-27-17)28-20(26)24-21(3,4)5/h9,11,13,16,18-19,23,25H,8,10,12,14-15H2,1-7H3,(H,24,26)/t18-,19+/m1/s1. The van der Waals surface area contributed by atoms with E-state index in [1.807, 2.05) is 26.8 Å². The number of aliphatic hydroxyl groups is 1. The number of hydrogen-bond acceptors (Lipinski definition) is 5. The maximum absolute atomic E-state index is 12.2. The van der Waals surface area contributed by atoms with Gasteiger partial charge in [0, 0.05) is 24.0 Å². The average Bonchev–Trinajstić information content (AvgIpc) is 3.02. The minimum absolute atomic E-state index is 0.0984. The number of furan rings is 1. The first-order chi connectivity index (χ1) is 12.9. The van der Waals surface area contributed by atoms with Crippen molar-refractivity contribution in [2.45, 2.75) is 97.4 Å². The van der Waals surface area contributed by atoms with Crippen LogP contribution in [0.5, 0.6) is 0 Å². The molecule has 162 valence electrons. The average molecular weight is 397 g/mol. The molecule has 2 atom stereocenters. The summed E-state index contributed by atoms with van der Waals surface area (Å²) in [5.41, 5.74) is -0.507. The fourth-order valence-corrected chi connectivity index (χ4v) is 2.91. The number of rotatable bonds is 11. The van der Waals surface area contributed by atoms with E-state index in [0.717, 1.165) is 12.8 Å². The molecule has 1 amide bonds. The fraction of sp³-hybridized carbons (Fsp3) is 0.773. The van der Waals surface area contributed by atoms with Crippen molar-refractivity contribution in [2.24, 2.45) is 5.92 Å². The molecule has 0 aromatic carbocycles. The lowest BCUT2D eigenvalue weighted by Gasteiger charge is -2.31. The molecule has 0 saturated heterocycles. The van der Waals surface area contributed by atoms with Crippen molar-refractivity contribution in [3.05, 3.63) is 24.2 Å². The number of nitrogens with one attached hydrogen (secondary N) is 2. The van der Waals surface area contributed by atoms with Crippen molar-refractivity contribution < 1.29 is 19.1 Å². The summed E-state index contributed by atoms with van der Waals surface area (Å²) < 4.78 is 10.9. The Kier molecular flexibility index (Phi) is 9.51. The van der Waals surface area contributed by atoms with Crippen LogP contribution in [0.4, 0.5) is 4.79 Å². The van der Waals surface area contributed by atoms with Gasteiger partial charge in [-0.1, -0.05) is 26.7 Å². The van der Waals surface area contributed by atoms with Crippen LogP contribution in [0.1, 0.15) is 73.5 Å². The van der Waals surface area contributed by atoms with Gasteiger partial charge >= 0.3 is 6.09 Å². The first kappa shape index (κ1) is 24.5. The van der Waals surface area contributed by atoms with Crippen molar-refractivity contribution in [2.75, 3.05) is 6.54 Å². The summed E-state index contributed by atoms with van der Waals surface area (Å²) in [4.78, 5) is 12.2. The molecular weight excluding hydrogens is 356 g/mol. The lowest BCUT2D eigenvalue weighted by Crippen LogP contribution is -2.49. The van der Waals surface area contributed by atoms with Crippen LogP contribution in [0.25, 0.3) is 0 Å². The number of amides is 1. The Morgan fingerprint density at radius 1 is 1.25 bits per heavy atom. The summed E-state index contributed by atoms with van der Waals surface area (Å²) in [7, 11) is 0. The number of alkyl carbamates (subject to hydrolysis) is 1. The van der Waals surface area contributed by atoms with E-state index in [4.69, 9.17) is 9.15 Å². The molecule has 1 rings (SSSR count). The Labute approximate surface area is 170 Å². The third kappa shape index (κ3) is 10.7. The smallest absolute Gasteiger partial charge is 0.407 e. The van der Waals surface area contributed by atoms with E-state index in [2.05, 4.69) is 38.3 Å². The monoisotopic (exact) mass is 396 g/mol. The molecule has 0 fully saturated rings.